The highest BCUT2D eigenvalue weighted by Crippen LogP contribution is 2.23. The summed E-state index contributed by atoms with van der Waals surface area (Å²) < 4.78 is 12.0. The zero-order valence-corrected chi connectivity index (χ0v) is 16.9. The Bertz CT molecular complexity index is 797. The highest BCUT2D eigenvalue weighted by molar-refractivity contribution is 7.18. The van der Waals surface area contributed by atoms with E-state index in [2.05, 4.69) is 4.98 Å². The van der Waals surface area contributed by atoms with E-state index in [1.807, 2.05) is 24.3 Å². The first-order valence-electron chi connectivity index (χ1n) is 8.91. The molecule has 1 fully saturated rings. The first-order chi connectivity index (χ1) is 12.7. The fourth-order valence-corrected chi connectivity index (χ4v) is 3.89. The van der Waals surface area contributed by atoms with Gasteiger partial charge in [-0.1, -0.05) is 12.1 Å². The van der Waals surface area contributed by atoms with Gasteiger partial charge in [0.2, 0.25) is 5.91 Å². The molecule has 2 heterocycles. The van der Waals surface area contributed by atoms with E-state index in [-0.39, 0.29) is 12.5 Å². The third-order valence-corrected chi connectivity index (χ3v) is 5.15. The highest BCUT2D eigenvalue weighted by Gasteiger charge is 2.37. The number of morpholine rings is 1. The van der Waals surface area contributed by atoms with E-state index < -0.39 is 17.7 Å². The zero-order valence-electron chi connectivity index (χ0n) is 16.1. The van der Waals surface area contributed by atoms with E-state index in [1.54, 1.807) is 44.1 Å². The number of aromatic nitrogens is 1. The average Bonchev–Trinajstić information content (AvgIpc) is 3.01. The first kappa shape index (κ1) is 19.6. The number of rotatable bonds is 3. The summed E-state index contributed by atoms with van der Waals surface area (Å²) in [5, 5.41) is 0.854. The second-order valence-corrected chi connectivity index (χ2v) is 8.65. The molecule has 0 unspecified atom stereocenters. The van der Waals surface area contributed by atoms with Crippen molar-refractivity contribution < 1.29 is 19.1 Å². The molecule has 7 nitrogen and oxygen atoms in total. The Balaban J connectivity index is 1.70. The Labute approximate surface area is 162 Å². The molecule has 1 aromatic carbocycles. The Morgan fingerprint density at radius 2 is 2.11 bits per heavy atom. The Hall–Kier alpha value is -2.19. The van der Waals surface area contributed by atoms with Gasteiger partial charge in [0.15, 0.2) is 0 Å². The molecule has 146 valence electrons. The molecule has 0 radical (unpaired) electrons. The minimum absolute atomic E-state index is 0.169. The molecule has 0 saturated carbocycles. The van der Waals surface area contributed by atoms with Gasteiger partial charge in [-0.05, 0) is 32.9 Å². The number of carbonyl (C=O) groups is 2. The number of carbonyl (C=O) groups excluding carboxylic acids is 2. The number of likely N-dealkylation sites (N-methyl/N-ethyl adjacent to an activating group) is 1. The minimum Gasteiger partial charge on any atom is -0.444 e. The molecule has 3 rings (SSSR count). The SMILES string of the molecule is CN(Cc1nc2ccccc2s1)C(=O)[C@@H]1COCCN1C(=O)OC(C)(C)C. The van der Waals surface area contributed by atoms with E-state index in [9.17, 15) is 9.59 Å². The maximum absolute atomic E-state index is 13.0. The van der Waals surface area contributed by atoms with Crippen LogP contribution in [0.3, 0.4) is 0 Å². The van der Waals surface area contributed by atoms with Crippen LogP contribution in [0.15, 0.2) is 24.3 Å². The molecule has 0 N–H and O–H groups in total. The van der Waals surface area contributed by atoms with Crippen molar-refractivity contribution in [3.05, 3.63) is 29.3 Å². The lowest BCUT2D eigenvalue weighted by Gasteiger charge is -2.37. The van der Waals surface area contributed by atoms with Crippen LogP contribution >= 0.6 is 11.3 Å². The number of ether oxygens (including phenoxy) is 2. The molecule has 0 aliphatic carbocycles. The number of thiazole rings is 1. The molecule has 8 heteroatoms. The van der Waals surface area contributed by atoms with Gasteiger partial charge in [-0.2, -0.15) is 0 Å². The van der Waals surface area contributed by atoms with Crippen LogP contribution in [-0.4, -0.2) is 65.2 Å². The Morgan fingerprint density at radius 3 is 2.81 bits per heavy atom. The normalized spacial score (nSPS) is 17.8. The predicted molar refractivity (Wildman–Crippen MR) is 104 cm³/mol. The quantitative estimate of drug-likeness (QED) is 0.804. The van der Waals surface area contributed by atoms with E-state index in [0.717, 1.165) is 15.2 Å². The van der Waals surface area contributed by atoms with Gasteiger partial charge in [-0.25, -0.2) is 9.78 Å². The minimum atomic E-state index is -0.687. The number of fused-ring (bicyclic) bond motifs is 1. The van der Waals surface area contributed by atoms with E-state index >= 15 is 0 Å². The summed E-state index contributed by atoms with van der Waals surface area (Å²) >= 11 is 1.56. The van der Waals surface area contributed by atoms with Gasteiger partial charge in [-0.3, -0.25) is 9.69 Å². The predicted octanol–water partition coefficient (Wildman–Crippen LogP) is 2.89. The van der Waals surface area contributed by atoms with Crippen LogP contribution in [0.2, 0.25) is 0 Å². The summed E-state index contributed by atoms with van der Waals surface area (Å²) in [7, 11) is 1.72. The number of hydrogen-bond donors (Lipinski definition) is 0. The van der Waals surface area contributed by atoms with Gasteiger partial charge in [-0.15, -0.1) is 11.3 Å². The summed E-state index contributed by atoms with van der Waals surface area (Å²) in [6.07, 6.45) is -0.488. The average molecular weight is 391 g/mol. The van der Waals surface area contributed by atoms with Gasteiger partial charge in [0, 0.05) is 13.6 Å². The standard InChI is InChI=1S/C19H25N3O4S/c1-19(2,3)26-18(24)22-9-10-25-12-14(22)17(23)21(4)11-16-20-13-7-5-6-8-15(13)27-16/h5-8,14H,9-12H2,1-4H3/t14-/m0/s1. The molecule has 2 amide bonds. The fraction of sp³-hybridized carbons (Fsp3) is 0.526. The lowest BCUT2D eigenvalue weighted by atomic mass is 10.2. The first-order valence-corrected chi connectivity index (χ1v) is 9.73. The van der Waals surface area contributed by atoms with Crippen molar-refractivity contribution in [3.8, 4) is 0 Å². The van der Waals surface area contributed by atoms with Crippen molar-refractivity contribution in [2.45, 2.75) is 39.0 Å². The van der Waals surface area contributed by atoms with E-state index in [4.69, 9.17) is 9.47 Å². The lowest BCUT2D eigenvalue weighted by Crippen LogP contribution is -2.56. The summed E-state index contributed by atoms with van der Waals surface area (Å²) in [5.74, 6) is -0.181. The highest BCUT2D eigenvalue weighted by atomic mass is 32.1. The van der Waals surface area contributed by atoms with Crippen LogP contribution in [0, 0.1) is 0 Å². The molecule has 27 heavy (non-hydrogen) atoms. The number of amides is 2. The van der Waals surface area contributed by atoms with Crippen LogP contribution in [0.25, 0.3) is 10.2 Å². The molecule has 1 aromatic heterocycles. The molecule has 2 aromatic rings. The molecule has 0 spiro atoms. The second-order valence-electron chi connectivity index (χ2n) is 7.53. The van der Waals surface area contributed by atoms with Crippen LogP contribution < -0.4 is 0 Å². The number of hydrogen-bond acceptors (Lipinski definition) is 6. The van der Waals surface area contributed by atoms with E-state index in [1.165, 1.54) is 4.90 Å². The Morgan fingerprint density at radius 1 is 1.37 bits per heavy atom. The van der Waals surface area contributed by atoms with Gasteiger partial charge in [0.1, 0.15) is 16.7 Å². The Kier molecular flexibility index (Phi) is 5.67. The third-order valence-electron chi connectivity index (χ3n) is 4.13. The van der Waals surface area contributed by atoms with Gasteiger partial charge >= 0.3 is 6.09 Å². The smallest absolute Gasteiger partial charge is 0.411 e. The van der Waals surface area contributed by atoms with E-state index in [0.29, 0.717) is 19.7 Å². The molecule has 1 atom stereocenters. The summed E-state index contributed by atoms with van der Waals surface area (Å²) in [6, 6.07) is 7.19. The van der Waals surface area contributed by atoms with Crippen molar-refractivity contribution in [1.29, 1.82) is 0 Å². The fourth-order valence-electron chi connectivity index (χ4n) is 2.87. The number of nitrogens with zero attached hydrogens (tertiary/aromatic N) is 3. The van der Waals surface area contributed by atoms with Crippen molar-refractivity contribution in [2.24, 2.45) is 0 Å². The van der Waals surface area contributed by atoms with Gasteiger partial charge < -0.3 is 14.4 Å². The summed E-state index contributed by atoms with van der Waals surface area (Å²) in [6.45, 7) is 6.70. The monoisotopic (exact) mass is 391 g/mol. The molecular weight excluding hydrogens is 366 g/mol. The van der Waals surface area contributed by atoms with Crippen molar-refractivity contribution in [3.63, 3.8) is 0 Å². The molecular formula is C19H25N3O4S. The topological polar surface area (TPSA) is 72.0 Å². The van der Waals surface area contributed by atoms with Gasteiger partial charge in [0.25, 0.3) is 0 Å². The van der Waals surface area contributed by atoms with Crippen LogP contribution in [0.5, 0.6) is 0 Å². The maximum Gasteiger partial charge on any atom is 0.411 e. The molecule has 1 aliphatic rings. The van der Waals surface area contributed by atoms with Crippen molar-refractivity contribution in [2.75, 3.05) is 26.8 Å². The maximum atomic E-state index is 13.0. The third kappa shape index (κ3) is 4.75. The van der Waals surface area contributed by atoms with Crippen LogP contribution in [0.1, 0.15) is 25.8 Å². The van der Waals surface area contributed by atoms with Crippen molar-refractivity contribution in [1.82, 2.24) is 14.8 Å². The lowest BCUT2D eigenvalue weighted by molar-refractivity contribution is -0.142. The largest absolute Gasteiger partial charge is 0.444 e. The molecule has 1 saturated heterocycles. The van der Waals surface area contributed by atoms with Crippen LogP contribution in [-0.2, 0) is 20.8 Å². The van der Waals surface area contributed by atoms with Gasteiger partial charge in [0.05, 0.1) is 30.0 Å². The second kappa shape index (κ2) is 7.82. The summed E-state index contributed by atoms with van der Waals surface area (Å²) in [5.41, 5.74) is 0.310. The summed E-state index contributed by atoms with van der Waals surface area (Å²) in [4.78, 5) is 33.1. The van der Waals surface area contributed by atoms with Crippen molar-refractivity contribution >= 4 is 33.6 Å². The van der Waals surface area contributed by atoms with Crippen LogP contribution in [0.4, 0.5) is 4.79 Å². The molecule has 0 bridgehead atoms. The number of para-hydroxylation sites is 1. The number of benzene rings is 1. The molecule has 1 aliphatic heterocycles. The zero-order chi connectivity index (χ0) is 19.6.